The third-order valence-electron chi connectivity index (χ3n) is 7.15. The molecule has 1 aliphatic rings. The van der Waals surface area contributed by atoms with Gasteiger partial charge in [0, 0.05) is 26.1 Å². The van der Waals surface area contributed by atoms with Gasteiger partial charge in [-0.3, -0.25) is 9.59 Å². The number of carboxylic acids is 1. The molecule has 0 saturated carbocycles. The molecule has 10 heteroatoms. The first-order valence-electron chi connectivity index (χ1n) is 14.4. The zero-order valence-electron chi connectivity index (χ0n) is 24.7. The van der Waals surface area contributed by atoms with Crippen LogP contribution < -0.4 is 16.0 Å². The molecule has 1 atom stereocenters. The summed E-state index contributed by atoms with van der Waals surface area (Å²) in [7, 11) is 0. The van der Waals surface area contributed by atoms with Crippen molar-refractivity contribution in [1.29, 1.82) is 5.26 Å². The Morgan fingerprint density at radius 2 is 1.70 bits per heavy atom. The van der Waals surface area contributed by atoms with Gasteiger partial charge in [0.25, 0.3) is 0 Å². The summed E-state index contributed by atoms with van der Waals surface area (Å²) < 4.78 is 5.05. The number of aryl methyl sites for hydroxylation is 1. The van der Waals surface area contributed by atoms with Crippen LogP contribution in [0.4, 0.5) is 5.82 Å². The Kier molecular flexibility index (Phi) is 12.7. The number of carbonyl (C=O) groups is 3. The Bertz CT molecular complexity index is 1400. The van der Waals surface area contributed by atoms with Crippen molar-refractivity contribution in [3.63, 3.8) is 0 Å². The molecule has 2 heterocycles. The van der Waals surface area contributed by atoms with Crippen LogP contribution in [0.5, 0.6) is 0 Å². The number of esters is 1. The van der Waals surface area contributed by atoms with Crippen LogP contribution in [-0.4, -0.2) is 53.7 Å². The van der Waals surface area contributed by atoms with Crippen LogP contribution in [0.2, 0.25) is 0 Å². The highest BCUT2D eigenvalue weighted by Gasteiger charge is 2.25. The molecule has 1 aliphatic heterocycles. The van der Waals surface area contributed by atoms with Gasteiger partial charge in [-0.1, -0.05) is 60.7 Å². The maximum atomic E-state index is 12.3. The maximum absolute atomic E-state index is 12.3. The van der Waals surface area contributed by atoms with E-state index in [2.05, 4.69) is 21.3 Å². The molecule has 226 valence electrons. The highest BCUT2D eigenvalue weighted by Crippen LogP contribution is 2.28. The number of anilines is 1. The molecule has 1 aromatic heterocycles. The van der Waals surface area contributed by atoms with Gasteiger partial charge in [-0.2, -0.15) is 5.26 Å². The predicted molar refractivity (Wildman–Crippen MR) is 163 cm³/mol. The fourth-order valence-electron chi connectivity index (χ4n) is 4.77. The summed E-state index contributed by atoms with van der Waals surface area (Å²) in [6.07, 6.45) is 2.59. The molecule has 1 saturated heterocycles. The lowest BCUT2D eigenvalue weighted by Crippen LogP contribution is -2.37. The Hall–Kier alpha value is -4.75. The number of aromatic nitrogens is 1. The van der Waals surface area contributed by atoms with E-state index in [0.717, 1.165) is 37.1 Å². The Morgan fingerprint density at radius 3 is 2.26 bits per heavy atom. The van der Waals surface area contributed by atoms with Crippen LogP contribution in [0.3, 0.4) is 0 Å². The molecular weight excluding hydrogens is 546 g/mol. The van der Waals surface area contributed by atoms with Gasteiger partial charge in [0.1, 0.15) is 17.9 Å². The first-order valence-corrected chi connectivity index (χ1v) is 14.4. The molecule has 0 spiro atoms. The number of rotatable bonds is 10. The molecule has 1 fully saturated rings. The zero-order valence-corrected chi connectivity index (χ0v) is 24.7. The van der Waals surface area contributed by atoms with Crippen molar-refractivity contribution in [2.24, 2.45) is 11.7 Å². The molecule has 43 heavy (non-hydrogen) atoms. The van der Waals surface area contributed by atoms with E-state index in [0.29, 0.717) is 47.9 Å². The monoisotopic (exact) mass is 585 g/mol. The summed E-state index contributed by atoms with van der Waals surface area (Å²) in [6, 6.07) is 22.1. The smallest absolute Gasteiger partial charge is 0.340 e. The number of nitrogens with two attached hydrogens (primary N) is 1. The van der Waals surface area contributed by atoms with Crippen molar-refractivity contribution in [2.75, 3.05) is 24.6 Å². The number of amides is 1. The summed E-state index contributed by atoms with van der Waals surface area (Å²) in [5.74, 6) is -0.458. The summed E-state index contributed by atoms with van der Waals surface area (Å²) in [5.41, 5.74) is 8.63. The van der Waals surface area contributed by atoms with Crippen LogP contribution in [0.25, 0.3) is 0 Å². The second-order valence-electron chi connectivity index (χ2n) is 10.4. The molecule has 1 amide bonds. The average Bonchev–Trinajstić information content (AvgIpc) is 3.01. The normalized spacial score (nSPS) is 13.6. The Morgan fingerprint density at radius 1 is 1.09 bits per heavy atom. The van der Waals surface area contributed by atoms with Crippen molar-refractivity contribution < 1.29 is 24.2 Å². The van der Waals surface area contributed by atoms with Gasteiger partial charge < -0.3 is 25.8 Å². The summed E-state index contributed by atoms with van der Waals surface area (Å²) in [6.45, 7) is 5.74. The van der Waals surface area contributed by atoms with E-state index in [4.69, 9.17) is 15.6 Å². The summed E-state index contributed by atoms with van der Waals surface area (Å²) >= 11 is 0. The highest BCUT2D eigenvalue weighted by molar-refractivity contribution is 5.91. The number of pyridine rings is 1. The van der Waals surface area contributed by atoms with Gasteiger partial charge in [-0.05, 0) is 56.2 Å². The number of carbonyl (C=O) groups excluding carboxylic acids is 2. The molecule has 2 aromatic carbocycles. The Balaban J connectivity index is 0.000000353. The van der Waals surface area contributed by atoms with Crippen molar-refractivity contribution >= 4 is 23.7 Å². The lowest BCUT2D eigenvalue weighted by atomic mass is 9.93. The minimum absolute atomic E-state index is 0.0628. The van der Waals surface area contributed by atoms with Crippen molar-refractivity contribution in [2.45, 2.75) is 52.1 Å². The van der Waals surface area contributed by atoms with Gasteiger partial charge in [0.2, 0.25) is 5.91 Å². The molecule has 3 aromatic rings. The van der Waals surface area contributed by atoms with E-state index in [9.17, 15) is 19.6 Å². The fourth-order valence-corrected chi connectivity index (χ4v) is 4.77. The number of nitrogens with one attached hydrogen (secondary N) is 1. The standard InChI is InChI=1S/C24H28N4O3.C9H11NO2/c1-3-31-24(30)21-14-20(15-25)23(27-17(21)2)28-11-9-18(10-12-28)13-22(29)26-16-19-7-5-4-6-8-19;10-8(9(11)12)6-7-4-2-1-3-5-7/h4-8,14,18H,3,9-13,16H2,1-2H3,(H,26,29);1-5,8H,6,10H2,(H,11,12). The number of hydrogen-bond acceptors (Lipinski definition) is 8. The number of aliphatic carboxylic acids is 1. The van der Waals surface area contributed by atoms with E-state index in [1.54, 1.807) is 19.9 Å². The van der Waals surface area contributed by atoms with Crippen molar-refractivity contribution in [3.8, 4) is 6.07 Å². The lowest BCUT2D eigenvalue weighted by molar-refractivity contribution is -0.138. The van der Waals surface area contributed by atoms with Gasteiger partial charge in [0.15, 0.2) is 0 Å². The molecule has 4 rings (SSSR count). The van der Waals surface area contributed by atoms with E-state index < -0.39 is 18.0 Å². The van der Waals surface area contributed by atoms with E-state index >= 15 is 0 Å². The lowest BCUT2D eigenvalue weighted by Gasteiger charge is -2.33. The molecule has 0 aliphatic carbocycles. The number of nitriles is 1. The van der Waals surface area contributed by atoms with Crippen molar-refractivity contribution in [1.82, 2.24) is 10.3 Å². The number of piperidine rings is 1. The minimum Gasteiger partial charge on any atom is -0.480 e. The number of hydrogen-bond donors (Lipinski definition) is 3. The van der Waals surface area contributed by atoms with Gasteiger partial charge in [-0.15, -0.1) is 0 Å². The van der Waals surface area contributed by atoms with Crippen LogP contribution in [-0.2, 0) is 27.3 Å². The SMILES string of the molecule is CCOC(=O)c1cc(C#N)c(N2CCC(CC(=O)NCc3ccccc3)CC2)nc1C.NC(Cc1ccccc1)C(=O)O. The van der Waals surface area contributed by atoms with Gasteiger partial charge >= 0.3 is 11.9 Å². The second-order valence-corrected chi connectivity index (χ2v) is 10.4. The summed E-state index contributed by atoms with van der Waals surface area (Å²) in [4.78, 5) is 41.4. The number of nitrogens with zero attached hydrogens (tertiary/aromatic N) is 3. The third kappa shape index (κ3) is 10.2. The van der Waals surface area contributed by atoms with Gasteiger partial charge in [0.05, 0.1) is 23.4 Å². The molecule has 4 N–H and O–H groups in total. The molecule has 0 bridgehead atoms. The van der Waals surface area contributed by atoms with E-state index in [1.807, 2.05) is 60.7 Å². The largest absolute Gasteiger partial charge is 0.480 e. The minimum atomic E-state index is -0.959. The third-order valence-corrected chi connectivity index (χ3v) is 7.15. The summed E-state index contributed by atoms with van der Waals surface area (Å²) in [5, 5.41) is 21.1. The number of benzene rings is 2. The quantitative estimate of drug-likeness (QED) is 0.299. The second kappa shape index (κ2) is 16.6. The van der Waals surface area contributed by atoms with E-state index in [-0.39, 0.29) is 12.5 Å². The van der Waals surface area contributed by atoms with Crippen LogP contribution in [0.1, 0.15) is 58.9 Å². The Labute approximate surface area is 252 Å². The molecular formula is C33H39N5O5. The zero-order chi connectivity index (χ0) is 31.2. The van der Waals surface area contributed by atoms with Crippen molar-refractivity contribution in [3.05, 3.63) is 94.7 Å². The molecule has 10 nitrogen and oxygen atoms in total. The number of carboxylic acid groups (broad SMARTS) is 1. The average molecular weight is 586 g/mol. The number of ether oxygens (including phenoxy) is 1. The van der Waals surface area contributed by atoms with Gasteiger partial charge in [-0.25, -0.2) is 9.78 Å². The maximum Gasteiger partial charge on any atom is 0.340 e. The fraction of sp³-hybridized carbons (Fsp3) is 0.364. The molecule has 0 radical (unpaired) electrons. The first-order chi connectivity index (χ1) is 20.7. The van der Waals surface area contributed by atoms with Crippen LogP contribution >= 0.6 is 0 Å². The van der Waals surface area contributed by atoms with Crippen LogP contribution in [0, 0.1) is 24.2 Å². The molecule has 1 unspecified atom stereocenters. The predicted octanol–water partition coefficient (Wildman–Crippen LogP) is 4.00. The highest BCUT2D eigenvalue weighted by atomic mass is 16.5. The topological polar surface area (TPSA) is 159 Å². The first kappa shape index (κ1) is 32.8. The van der Waals surface area contributed by atoms with Crippen LogP contribution in [0.15, 0.2) is 66.7 Å². The van der Waals surface area contributed by atoms with E-state index in [1.165, 1.54) is 0 Å².